The normalized spacial score (nSPS) is 11.6. The first kappa shape index (κ1) is 15.3. The largest absolute Gasteiger partial charge is 0.308 e. The Hall–Kier alpha value is -1.10. The van der Waals surface area contributed by atoms with Crippen molar-refractivity contribution in [2.24, 2.45) is 0 Å². The summed E-state index contributed by atoms with van der Waals surface area (Å²) in [5.74, 6) is 0. The molecule has 0 aliphatic heterocycles. The topological polar surface area (TPSA) is 37.8 Å². The lowest BCUT2D eigenvalue weighted by Gasteiger charge is -2.21. The fourth-order valence-corrected chi connectivity index (χ4v) is 2.63. The Morgan fingerprint density at radius 3 is 2.40 bits per heavy atom. The van der Waals surface area contributed by atoms with E-state index >= 15 is 0 Å². The van der Waals surface area contributed by atoms with Gasteiger partial charge in [-0.3, -0.25) is 0 Å². The molecule has 0 aliphatic rings. The Morgan fingerprint density at radius 2 is 1.75 bits per heavy atom. The van der Waals surface area contributed by atoms with Gasteiger partial charge in [-0.2, -0.15) is 0 Å². The molecule has 0 saturated heterocycles. The third-order valence-electron chi connectivity index (χ3n) is 2.58. The van der Waals surface area contributed by atoms with E-state index in [2.05, 4.69) is 42.1 Å². The van der Waals surface area contributed by atoms with E-state index in [9.17, 15) is 0 Å². The van der Waals surface area contributed by atoms with Crippen LogP contribution in [0.1, 0.15) is 26.3 Å². The quantitative estimate of drug-likeness (QED) is 0.920. The molecule has 0 spiro atoms. The summed E-state index contributed by atoms with van der Waals surface area (Å²) in [4.78, 5) is 8.73. The van der Waals surface area contributed by atoms with Gasteiger partial charge in [0, 0.05) is 24.5 Å². The van der Waals surface area contributed by atoms with Crippen LogP contribution >= 0.6 is 23.4 Å². The molecule has 0 atom stereocenters. The number of halogens is 1. The minimum atomic E-state index is 0.0699. The van der Waals surface area contributed by atoms with E-state index in [0.717, 1.165) is 22.2 Å². The predicted molar refractivity (Wildman–Crippen MR) is 84.2 cm³/mol. The van der Waals surface area contributed by atoms with Gasteiger partial charge in [0.25, 0.3) is 0 Å². The van der Waals surface area contributed by atoms with E-state index in [1.807, 2.05) is 18.2 Å². The van der Waals surface area contributed by atoms with Crippen LogP contribution in [0, 0.1) is 0 Å². The summed E-state index contributed by atoms with van der Waals surface area (Å²) >= 11 is 7.65. The highest BCUT2D eigenvalue weighted by Crippen LogP contribution is 2.31. The smallest absolute Gasteiger partial charge is 0.121 e. The van der Waals surface area contributed by atoms with Gasteiger partial charge < -0.3 is 5.32 Å². The van der Waals surface area contributed by atoms with Crippen LogP contribution in [0.15, 0.2) is 46.7 Å². The zero-order chi connectivity index (χ0) is 14.6. The number of pyridine rings is 2. The molecule has 106 valence electrons. The molecule has 0 bridgehead atoms. The molecule has 0 unspecified atom stereocenters. The van der Waals surface area contributed by atoms with Gasteiger partial charge in [-0.15, -0.1) is 0 Å². The standard InChI is InChI=1S/C15H18ClN3S/c1-15(2,3)19-10-11-6-4-8-17-13(11)20-14-12(16)7-5-9-18-14/h4-9,19H,10H2,1-3H3. The van der Waals surface area contributed by atoms with Gasteiger partial charge in [-0.1, -0.05) is 17.7 Å². The third-order valence-corrected chi connectivity index (χ3v) is 4.07. The van der Waals surface area contributed by atoms with Gasteiger partial charge in [-0.05, 0) is 56.3 Å². The summed E-state index contributed by atoms with van der Waals surface area (Å²) in [6, 6.07) is 7.69. The van der Waals surface area contributed by atoms with E-state index in [0.29, 0.717) is 5.02 Å². The van der Waals surface area contributed by atoms with Crippen molar-refractivity contribution in [1.29, 1.82) is 0 Å². The van der Waals surface area contributed by atoms with Crippen LogP contribution in [0.4, 0.5) is 0 Å². The molecule has 2 aromatic rings. The number of aromatic nitrogens is 2. The first-order chi connectivity index (χ1) is 9.46. The van der Waals surface area contributed by atoms with Crippen molar-refractivity contribution >= 4 is 23.4 Å². The molecule has 2 rings (SSSR count). The average Bonchev–Trinajstić information content (AvgIpc) is 2.39. The molecular weight excluding hydrogens is 290 g/mol. The van der Waals surface area contributed by atoms with Gasteiger partial charge >= 0.3 is 0 Å². The number of hydrogen-bond donors (Lipinski definition) is 1. The highest BCUT2D eigenvalue weighted by atomic mass is 35.5. The van der Waals surface area contributed by atoms with Gasteiger partial charge in [-0.25, -0.2) is 9.97 Å². The van der Waals surface area contributed by atoms with Crippen LogP contribution in [0.2, 0.25) is 5.02 Å². The lowest BCUT2D eigenvalue weighted by molar-refractivity contribution is 0.422. The van der Waals surface area contributed by atoms with E-state index in [4.69, 9.17) is 11.6 Å². The second-order valence-corrected chi connectivity index (χ2v) is 6.85. The second kappa shape index (κ2) is 6.57. The van der Waals surface area contributed by atoms with Crippen LogP contribution in [-0.4, -0.2) is 15.5 Å². The van der Waals surface area contributed by atoms with E-state index in [-0.39, 0.29) is 5.54 Å². The number of rotatable bonds is 4. The number of hydrogen-bond acceptors (Lipinski definition) is 4. The van der Waals surface area contributed by atoms with Crippen LogP contribution in [0.5, 0.6) is 0 Å². The molecule has 0 aromatic carbocycles. The number of nitrogens with one attached hydrogen (secondary N) is 1. The summed E-state index contributed by atoms with van der Waals surface area (Å²) < 4.78 is 0. The maximum absolute atomic E-state index is 6.15. The second-order valence-electron chi connectivity index (χ2n) is 5.46. The van der Waals surface area contributed by atoms with Crippen molar-refractivity contribution in [3.05, 3.63) is 47.2 Å². The van der Waals surface area contributed by atoms with Crippen LogP contribution in [0.25, 0.3) is 0 Å². The molecule has 0 radical (unpaired) electrons. The van der Waals surface area contributed by atoms with Crippen molar-refractivity contribution in [3.63, 3.8) is 0 Å². The summed E-state index contributed by atoms with van der Waals surface area (Å²) in [5.41, 5.74) is 1.22. The molecule has 0 saturated carbocycles. The molecule has 2 heterocycles. The van der Waals surface area contributed by atoms with Crippen LogP contribution in [0.3, 0.4) is 0 Å². The molecule has 3 nitrogen and oxygen atoms in total. The molecular formula is C15H18ClN3S. The summed E-state index contributed by atoms with van der Waals surface area (Å²) in [5, 5.41) is 5.84. The first-order valence-electron chi connectivity index (χ1n) is 6.43. The van der Waals surface area contributed by atoms with Crippen molar-refractivity contribution in [2.45, 2.75) is 42.9 Å². The fourth-order valence-electron chi connectivity index (χ4n) is 1.55. The Morgan fingerprint density at radius 1 is 1.10 bits per heavy atom. The highest BCUT2D eigenvalue weighted by molar-refractivity contribution is 7.99. The van der Waals surface area contributed by atoms with E-state index in [1.54, 1.807) is 12.4 Å². The fraction of sp³-hybridized carbons (Fsp3) is 0.333. The maximum atomic E-state index is 6.15. The van der Waals surface area contributed by atoms with Crippen molar-refractivity contribution < 1.29 is 0 Å². The van der Waals surface area contributed by atoms with Crippen molar-refractivity contribution in [3.8, 4) is 0 Å². The molecule has 0 amide bonds. The van der Waals surface area contributed by atoms with Crippen LogP contribution in [-0.2, 0) is 6.54 Å². The first-order valence-corrected chi connectivity index (χ1v) is 7.62. The van der Waals surface area contributed by atoms with Gasteiger partial charge in [0.15, 0.2) is 0 Å². The van der Waals surface area contributed by atoms with Gasteiger partial charge in [0.05, 0.1) is 5.02 Å². The SMILES string of the molecule is CC(C)(C)NCc1cccnc1Sc1ncccc1Cl. The van der Waals surface area contributed by atoms with Crippen molar-refractivity contribution in [1.82, 2.24) is 15.3 Å². The Labute approximate surface area is 129 Å². The Balaban J connectivity index is 2.18. The Kier molecular flexibility index (Phi) is 5.02. The van der Waals surface area contributed by atoms with E-state index < -0.39 is 0 Å². The predicted octanol–water partition coefficient (Wildman–Crippen LogP) is 4.17. The molecule has 5 heteroatoms. The molecule has 2 aromatic heterocycles. The lowest BCUT2D eigenvalue weighted by atomic mass is 10.1. The molecule has 1 N–H and O–H groups in total. The minimum absolute atomic E-state index is 0.0699. The van der Waals surface area contributed by atoms with Crippen molar-refractivity contribution in [2.75, 3.05) is 0 Å². The summed E-state index contributed by atoms with van der Waals surface area (Å²) in [6.45, 7) is 7.20. The van der Waals surface area contributed by atoms with Gasteiger partial charge in [0.2, 0.25) is 0 Å². The summed E-state index contributed by atoms with van der Waals surface area (Å²) in [7, 11) is 0. The lowest BCUT2D eigenvalue weighted by Crippen LogP contribution is -2.35. The minimum Gasteiger partial charge on any atom is -0.308 e. The molecule has 20 heavy (non-hydrogen) atoms. The molecule has 0 fully saturated rings. The zero-order valence-electron chi connectivity index (χ0n) is 11.9. The molecule has 0 aliphatic carbocycles. The Bertz CT molecular complexity index is 581. The third kappa shape index (κ3) is 4.47. The van der Waals surface area contributed by atoms with Gasteiger partial charge in [0.1, 0.15) is 10.1 Å². The maximum Gasteiger partial charge on any atom is 0.121 e. The average molecular weight is 308 g/mol. The summed E-state index contributed by atoms with van der Waals surface area (Å²) in [6.07, 6.45) is 3.53. The monoisotopic (exact) mass is 307 g/mol. The number of nitrogens with zero attached hydrogens (tertiary/aromatic N) is 2. The zero-order valence-corrected chi connectivity index (χ0v) is 13.4. The highest BCUT2D eigenvalue weighted by Gasteiger charge is 2.12. The van der Waals surface area contributed by atoms with E-state index in [1.165, 1.54) is 11.8 Å². The van der Waals surface area contributed by atoms with Crippen LogP contribution < -0.4 is 5.32 Å².